The lowest BCUT2D eigenvalue weighted by Crippen LogP contribution is -2.26. The van der Waals surface area contributed by atoms with Crippen LogP contribution in [0.4, 0.5) is 8.78 Å². The number of halogens is 2. The normalized spacial score (nSPS) is 23.0. The molecule has 0 radical (unpaired) electrons. The summed E-state index contributed by atoms with van der Waals surface area (Å²) in [5.41, 5.74) is 1.30. The Bertz CT molecular complexity index is 345. The molecule has 1 N–H and O–H groups in total. The van der Waals surface area contributed by atoms with Crippen LogP contribution in [0.1, 0.15) is 30.1 Å². The first-order valence-corrected chi connectivity index (χ1v) is 5.32. The fourth-order valence-electron chi connectivity index (χ4n) is 2.13. The molecule has 0 aliphatic carbocycles. The van der Waals surface area contributed by atoms with Gasteiger partial charge in [0.15, 0.2) is 0 Å². The molecule has 1 nitrogen and oxygen atoms in total. The maximum Gasteiger partial charge on any atom is 0.141 e. The number of hydrogen-bond donors (Lipinski definition) is 1. The van der Waals surface area contributed by atoms with E-state index in [2.05, 4.69) is 5.32 Å². The van der Waals surface area contributed by atoms with Gasteiger partial charge in [-0.15, -0.1) is 0 Å². The maximum absolute atomic E-state index is 14.0. The van der Waals surface area contributed by atoms with Crippen LogP contribution in [0.15, 0.2) is 18.2 Å². The van der Waals surface area contributed by atoms with Crippen molar-refractivity contribution >= 4 is 0 Å². The molecule has 2 rings (SSSR count). The molecule has 1 fully saturated rings. The number of rotatable bonds is 2. The van der Waals surface area contributed by atoms with Crippen LogP contribution in [0.5, 0.6) is 0 Å². The molecule has 0 bridgehead atoms. The average Bonchev–Trinajstić information content (AvgIpc) is 2.69. The monoisotopic (exact) mass is 211 g/mol. The van der Waals surface area contributed by atoms with E-state index in [-0.39, 0.29) is 11.9 Å². The Kier molecular flexibility index (Phi) is 3.00. The molecular formula is C12H15F2N. The highest BCUT2D eigenvalue weighted by molar-refractivity contribution is 5.29. The van der Waals surface area contributed by atoms with Crippen molar-refractivity contribution in [2.75, 3.05) is 6.54 Å². The van der Waals surface area contributed by atoms with Gasteiger partial charge in [-0.25, -0.2) is 8.78 Å². The topological polar surface area (TPSA) is 12.0 Å². The molecule has 1 aromatic carbocycles. The number of nitrogens with one attached hydrogen (secondary N) is 1. The Labute approximate surface area is 88.5 Å². The summed E-state index contributed by atoms with van der Waals surface area (Å²) in [5, 5.41) is 3.13. The zero-order valence-corrected chi connectivity index (χ0v) is 8.76. The van der Waals surface area contributed by atoms with Crippen LogP contribution in [-0.4, -0.2) is 12.6 Å². The van der Waals surface area contributed by atoms with E-state index in [1.807, 2.05) is 0 Å². The van der Waals surface area contributed by atoms with Gasteiger partial charge < -0.3 is 5.32 Å². The second-order valence-electron chi connectivity index (χ2n) is 4.11. The fourth-order valence-corrected chi connectivity index (χ4v) is 2.13. The summed E-state index contributed by atoms with van der Waals surface area (Å²) in [6.07, 6.45) is 0.858. The average molecular weight is 211 g/mol. The van der Waals surface area contributed by atoms with Gasteiger partial charge in [0.1, 0.15) is 12.0 Å². The minimum atomic E-state index is -1.02. The van der Waals surface area contributed by atoms with Gasteiger partial charge >= 0.3 is 0 Å². The van der Waals surface area contributed by atoms with E-state index in [9.17, 15) is 8.78 Å². The van der Waals surface area contributed by atoms with Crippen LogP contribution in [0, 0.1) is 12.7 Å². The molecule has 0 saturated carbocycles. The largest absolute Gasteiger partial charge is 0.311 e. The van der Waals surface area contributed by atoms with Crippen molar-refractivity contribution < 1.29 is 8.78 Å². The molecule has 0 aromatic heterocycles. The van der Waals surface area contributed by atoms with E-state index >= 15 is 0 Å². The Balaban J connectivity index is 2.20. The molecule has 2 unspecified atom stereocenters. The van der Waals surface area contributed by atoms with Crippen LogP contribution < -0.4 is 5.32 Å². The fraction of sp³-hybridized carbons (Fsp3) is 0.500. The van der Waals surface area contributed by atoms with Gasteiger partial charge in [-0.1, -0.05) is 6.07 Å². The highest BCUT2D eigenvalue weighted by Crippen LogP contribution is 2.29. The molecule has 82 valence electrons. The highest BCUT2D eigenvalue weighted by atomic mass is 19.1. The van der Waals surface area contributed by atoms with E-state index in [0.717, 1.165) is 19.4 Å². The van der Waals surface area contributed by atoms with Crippen LogP contribution in [0.3, 0.4) is 0 Å². The van der Waals surface area contributed by atoms with Gasteiger partial charge in [-0.05, 0) is 49.6 Å². The van der Waals surface area contributed by atoms with Crippen LogP contribution in [0.25, 0.3) is 0 Å². The second-order valence-corrected chi connectivity index (χ2v) is 4.11. The summed E-state index contributed by atoms with van der Waals surface area (Å²) in [4.78, 5) is 0. The summed E-state index contributed by atoms with van der Waals surface area (Å²) in [7, 11) is 0. The molecule has 1 aromatic rings. The number of benzene rings is 1. The standard InChI is InChI=1S/C12H15F2N/c1-8-7-9(13)4-5-10(8)12(14)11-3-2-6-15-11/h4-5,7,11-12,15H,2-3,6H2,1H3. The Morgan fingerprint density at radius 2 is 2.27 bits per heavy atom. The molecule has 3 heteroatoms. The molecule has 15 heavy (non-hydrogen) atoms. The second kappa shape index (κ2) is 4.27. The van der Waals surface area contributed by atoms with Gasteiger partial charge in [0.2, 0.25) is 0 Å². The lowest BCUT2D eigenvalue weighted by Gasteiger charge is -2.18. The van der Waals surface area contributed by atoms with Crippen molar-refractivity contribution in [3.8, 4) is 0 Å². The van der Waals surface area contributed by atoms with Crippen LogP contribution in [-0.2, 0) is 0 Å². The van der Waals surface area contributed by atoms with Crippen molar-refractivity contribution in [1.82, 2.24) is 5.32 Å². The molecule has 1 aliphatic heterocycles. The third-order valence-electron chi connectivity index (χ3n) is 2.98. The number of hydrogen-bond acceptors (Lipinski definition) is 1. The van der Waals surface area contributed by atoms with Crippen molar-refractivity contribution in [1.29, 1.82) is 0 Å². The minimum absolute atomic E-state index is 0.103. The zero-order chi connectivity index (χ0) is 10.8. The van der Waals surface area contributed by atoms with Gasteiger partial charge in [0, 0.05) is 6.04 Å². The zero-order valence-electron chi connectivity index (χ0n) is 8.76. The maximum atomic E-state index is 14.0. The molecular weight excluding hydrogens is 196 g/mol. The number of aryl methyl sites for hydroxylation is 1. The molecule has 1 heterocycles. The van der Waals surface area contributed by atoms with Gasteiger partial charge in [0.05, 0.1) is 0 Å². The SMILES string of the molecule is Cc1cc(F)ccc1C(F)C1CCCN1. The molecule has 0 spiro atoms. The summed E-state index contributed by atoms with van der Waals surface area (Å²) in [6.45, 7) is 2.63. The lowest BCUT2D eigenvalue weighted by molar-refractivity contribution is 0.270. The summed E-state index contributed by atoms with van der Waals surface area (Å²) < 4.78 is 26.9. The molecule has 2 atom stereocenters. The summed E-state index contributed by atoms with van der Waals surface area (Å²) in [6, 6.07) is 4.16. The lowest BCUT2D eigenvalue weighted by atomic mass is 9.98. The molecule has 0 amide bonds. The molecule has 1 aliphatic rings. The van der Waals surface area contributed by atoms with Gasteiger partial charge in [-0.3, -0.25) is 0 Å². The summed E-state index contributed by atoms with van der Waals surface area (Å²) >= 11 is 0. The van der Waals surface area contributed by atoms with Gasteiger partial charge in [0.25, 0.3) is 0 Å². The van der Waals surface area contributed by atoms with E-state index in [1.54, 1.807) is 13.0 Å². The van der Waals surface area contributed by atoms with Crippen molar-refractivity contribution in [2.24, 2.45) is 0 Å². The van der Waals surface area contributed by atoms with Crippen LogP contribution in [0.2, 0.25) is 0 Å². The predicted molar refractivity (Wildman–Crippen MR) is 56.0 cm³/mol. The Hall–Kier alpha value is -0.960. The van der Waals surface area contributed by atoms with E-state index in [4.69, 9.17) is 0 Å². The predicted octanol–water partition coefficient (Wildman–Crippen LogP) is 2.90. The quantitative estimate of drug-likeness (QED) is 0.793. The summed E-state index contributed by atoms with van der Waals surface area (Å²) in [5.74, 6) is -0.303. The first-order valence-electron chi connectivity index (χ1n) is 5.32. The first kappa shape index (κ1) is 10.6. The third-order valence-corrected chi connectivity index (χ3v) is 2.98. The van der Waals surface area contributed by atoms with Gasteiger partial charge in [-0.2, -0.15) is 0 Å². The highest BCUT2D eigenvalue weighted by Gasteiger charge is 2.26. The molecule has 1 saturated heterocycles. The van der Waals surface area contributed by atoms with E-state index in [0.29, 0.717) is 11.1 Å². The minimum Gasteiger partial charge on any atom is -0.311 e. The van der Waals surface area contributed by atoms with E-state index < -0.39 is 6.17 Å². The van der Waals surface area contributed by atoms with E-state index in [1.165, 1.54) is 12.1 Å². The van der Waals surface area contributed by atoms with Crippen molar-refractivity contribution in [2.45, 2.75) is 32.0 Å². The Morgan fingerprint density at radius 1 is 1.47 bits per heavy atom. The third kappa shape index (κ3) is 2.17. The Morgan fingerprint density at radius 3 is 2.87 bits per heavy atom. The number of alkyl halides is 1. The van der Waals surface area contributed by atoms with Crippen molar-refractivity contribution in [3.05, 3.63) is 35.1 Å². The van der Waals surface area contributed by atoms with Crippen molar-refractivity contribution in [3.63, 3.8) is 0 Å². The smallest absolute Gasteiger partial charge is 0.141 e. The van der Waals surface area contributed by atoms with Crippen LogP contribution >= 0.6 is 0 Å². The first-order chi connectivity index (χ1) is 7.18.